The SMILES string of the molecule is CC[C@@]1(O)C(=O)OCc2c1cc1n(c2=O)Cc2c-1nc1cc(F)c(C)c3c1c2[C@@H](NC(=O)COC(=O)OCc1ccc(NC(=O)[C@H](CCCNC(N)=O)NC(=O)[C@@H](NC(=O)CCOCCOCCOCCOCCNC(=O)COC2CCCCCC4=CC42)C(C)C)cc1)CC3. The van der Waals surface area contributed by atoms with Gasteiger partial charge in [0.15, 0.2) is 12.2 Å². The molecule has 7 amide bonds. The van der Waals surface area contributed by atoms with Gasteiger partial charge in [0.05, 0.1) is 94.0 Å². The Morgan fingerprint density at radius 1 is 0.811 bits per heavy atom. The number of aromatic nitrogens is 2. The fourth-order valence-electron chi connectivity index (χ4n) is 12.4. The van der Waals surface area contributed by atoms with Crippen molar-refractivity contribution in [3.63, 3.8) is 0 Å². The average Bonchev–Trinajstić information content (AvgIpc) is 1.63. The molecule has 0 bridgehead atoms. The smallest absolute Gasteiger partial charge is 0.458 e. The van der Waals surface area contributed by atoms with E-state index in [1.54, 1.807) is 58.0 Å². The number of amides is 7. The standard InChI is InChI=1S/C67H86FN9O18/c1-5-67(87)47-31-52-60-45(33-77(52)63(83)46(47)35-93-64(67)84)58-49(18-17-43-39(4)48(68)32-51(74-60)57(43)58)73-56(80)37-95-66(86)94-34-40-13-15-42(16-14-40)72-61(81)50(11-9-20-71-65(69)85)75-62(82)59(38(2)3)76-54(78)19-22-88-24-26-90-28-29-91-27-25-89-23-21-70-55(79)36-92-53-12-8-6-7-10-41-30-44(41)53/h13-16,30-32,38,44,49-50,53,59,87H,5-12,17-29,33-37H2,1-4H3,(H,70,79)(H,72,81)(H,73,80)(H,75,82)(H,76,78)(H3,69,71,85)/t44?,49-,50-,53?,59-,67-/m0/s1. The van der Waals surface area contributed by atoms with Gasteiger partial charge in [-0.15, -0.1) is 0 Å². The highest BCUT2D eigenvalue weighted by Gasteiger charge is 2.46. The van der Waals surface area contributed by atoms with Crippen molar-refractivity contribution in [1.29, 1.82) is 0 Å². The predicted molar refractivity (Wildman–Crippen MR) is 340 cm³/mol. The molecule has 0 spiro atoms. The molecule has 0 radical (unpaired) electrons. The Kier molecular flexibility index (Phi) is 24.9. The van der Waals surface area contributed by atoms with E-state index in [4.69, 9.17) is 48.6 Å². The number of halogens is 1. The van der Waals surface area contributed by atoms with E-state index in [-0.39, 0.29) is 107 Å². The highest BCUT2D eigenvalue weighted by Crippen LogP contribution is 2.46. The van der Waals surface area contributed by atoms with Crippen LogP contribution < -0.4 is 43.2 Å². The number of cyclic esters (lactones) is 1. The lowest BCUT2D eigenvalue weighted by atomic mass is 9.81. The normalized spacial score (nSPS) is 18.8. The Balaban J connectivity index is 0.669. The molecule has 2 aromatic heterocycles. The maximum Gasteiger partial charge on any atom is 0.509 e. The third kappa shape index (κ3) is 18.3. The number of pyridine rings is 2. The van der Waals surface area contributed by atoms with E-state index in [9.17, 15) is 48.3 Å². The van der Waals surface area contributed by atoms with E-state index in [1.165, 1.54) is 29.0 Å². The number of esters is 1. The minimum absolute atomic E-state index is 0.0302. The first-order valence-electron chi connectivity index (χ1n) is 32.6. The van der Waals surface area contributed by atoms with Gasteiger partial charge in [0.25, 0.3) is 11.5 Å². The van der Waals surface area contributed by atoms with E-state index < -0.39 is 83.5 Å². The molecule has 9 N–H and O–H groups in total. The van der Waals surface area contributed by atoms with Crippen molar-refractivity contribution in [2.75, 3.05) is 84.5 Å². The Labute approximate surface area is 548 Å². The highest BCUT2D eigenvalue weighted by atomic mass is 19.1. The van der Waals surface area contributed by atoms with Gasteiger partial charge >= 0.3 is 18.2 Å². The van der Waals surface area contributed by atoms with Crippen molar-refractivity contribution in [2.45, 2.75) is 148 Å². The number of aliphatic hydroxyl groups is 1. The van der Waals surface area contributed by atoms with Gasteiger partial charge in [0, 0.05) is 53.7 Å². The summed E-state index contributed by atoms with van der Waals surface area (Å²) >= 11 is 0. The molecule has 1 saturated carbocycles. The number of benzene rings is 2. The van der Waals surface area contributed by atoms with E-state index in [0.717, 1.165) is 19.3 Å². The second-order valence-corrected chi connectivity index (χ2v) is 24.5. The number of ether oxygens (including phenoxy) is 8. The van der Waals surface area contributed by atoms with Gasteiger partial charge in [-0.05, 0) is 105 Å². The second kappa shape index (κ2) is 33.3. The summed E-state index contributed by atoms with van der Waals surface area (Å²) in [5, 5.41) is 28.5. The monoisotopic (exact) mass is 1320 g/mol. The molecule has 3 aliphatic carbocycles. The number of hydrogen-bond donors (Lipinski definition) is 8. The van der Waals surface area contributed by atoms with Gasteiger partial charge in [-0.1, -0.05) is 57.4 Å². The number of aryl methyl sites for hydroxylation is 1. The van der Waals surface area contributed by atoms with Crippen molar-refractivity contribution in [2.24, 2.45) is 17.6 Å². The first-order valence-corrected chi connectivity index (χ1v) is 32.6. The molecular formula is C67H86FN9O18. The van der Waals surface area contributed by atoms with Crippen LogP contribution in [-0.2, 0) is 98.4 Å². The molecule has 1 fully saturated rings. The number of carbonyl (C=O) groups is 8. The quantitative estimate of drug-likeness (QED) is 0.0160. The van der Waals surface area contributed by atoms with Crippen LogP contribution in [0.5, 0.6) is 0 Å². The third-order valence-corrected chi connectivity index (χ3v) is 17.6. The van der Waals surface area contributed by atoms with E-state index in [2.05, 4.69) is 38.0 Å². The molecule has 95 heavy (non-hydrogen) atoms. The van der Waals surface area contributed by atoms with Crippen molar-refractivity contribution in [1.82, 2.24) is 36.1 Å². The topological polar surface area (TPSA) is 364 Å². The molecule has 27 nitrogen and oxygen atoms in total. The average molecular weight is 1320 g/mol. The van der Waals surface area contributed by atoms with Gasteiger partial charge in [-0.2, -0.15) is 0 Å². The molecule has 4 aromatic rings. The largest absolute Gasteiger partial charge is 0.509 e. The number of hydrogen-bond acceptors (Lipinski definition) is 19. The summed E-state index contributed by atoms with van der Waals surface area (Å²) < 4.78 is 60.7. The molecule has 5 aliphatic rings. The summed E-state index contributed by atoms with van der Waals surface area (Å²) in [6.07, 6.45) is 7.83. The molecule has 2 aliphatic heterocycles. The molecule has 2 unspecified atom stereocenters. The predicted octanol–water partition coefficient (Wildman–Crippen LogP) is 4.47. The van der Waals surface area contributed by atoms with Gasteiger partial charge < -0.3 is 85.2 Å². The number of rotatable bonds is 34. The third-order valence-electron chi connectivity index (χ3n) is 17.6. The lowest BCUT2D eigenvalue weighted by Gasteiger charge is -2.31. The molecule has 6 atom stereocenters. The van der Waals surface area contributed by atoms with Gasteiger partial charge in [0.2, 0.25) is 23.6 Å². The van der Waals surface area contributed by atoms with E-state index in [1.807, 2.05) is 0 Å². The molecule has 4 heterocycles. The zero-order chi connectivity index (χ0) is 67.8. The number of fused-ring (bicyclic) bond motifs is 6. The molecule has 9 rings (SSSR count). The minimum atomic E-state index is -2.07. The van der Waals surface area contributed by atoms with Crippen molar-refractivity contribution < 1.29 is 85.7 Å². The summed E-state index contributed by atoms with van der Waals surface area (Å²) in [5.41, 5.74) is 8.48. The molecule has 0 saturated heterocycles. The molecule has 28 heteroatoms. The fourth-order valence-corrected chi connectivity index (χ4v) is 12.4. The zero-order valence-electron chi connectivity index (χ0n) is 54.1. The number of nitrogens with one attached hydrogen (secondary N) is 6. The summed E-state index contributed by atoms with van der Waals surface area (Å²) in [6.45, 7) is 8.21. The van der Waals surface area contributed by atoms with Crippen LogP contribution in [0.25, 0.3) is 22.3 Å². The number of carbonyl (C=O) groups excluding carboxylic acids is 8. The Morgan fingerprint density at radius 2 is 1.54 bits per heavy atom. The number of nitrogens with zero attached hydrogens (tertiary/aromatic N) is 2. The first kappa shape index (κ1) is 70.9. The summed E-state index contributed by atoms with van der Waals surface area (Å²) in [4.78, 5) is 122. The zero-order valence-corrected chi connectivity index (χ0v) is 54.1. The van der Waals surface area contributed by atoms with E-state index >= 15 is 4.39 Å². The van der Waals surface area contributed by atoms with Gasteiger partial charge in [-0.25, -0.2) is 23.8 Å². The summed E-state index contributed by atoms with van der Waals surface area (Å²) in [5.74, 6) is -3.82. The second-order valence-electron chi connectivity index (χ2n) is 24.5. The van der Waals surface area contributed by atoms with Crippen molar-refractivity contribution >= 4 is 64.3 Å². The first-order chi connectivity index (χ1) is 45.7. The summed E-state index contributed by atoms with van der Waals surface area (Å²) in [6, 6.07) is 5.49. The molecule has 2 aromatic carbocycles. The maximum atomic E-state index is 15.4. The fraction of sp³-hybridized carbons (Fsp3) is 0.552. The van der Waals surface area contributed by atoms with Gasteiger partial charge in [0.1, 0.15) is 37.7 Å². The van der Waals surface area contributed by atoms with Crippen LogP contribution in [0.1, 0.15) is 130 Å². The highest BCUT2D eigenvalue weighted by molar-refractivity contribution is 5.99. The van der Waals surface area contributed by atoms with Crippen LogP contribution in [0.4, 0.5) is 19.7 Å². The van der Waals surface area contributed by atoms with Crippen LogP contribution in [0.3, 0.4) is 0 Å². The van der Waals surface area contributed by atoms with Crippen molar-refractivity contribution in [3.8, 4) is 11.4 Å². The number of urea groups is 1. The van der Waals surface area contributed by atoms with Crippen LogP contribution in [0, 0.1) is 24.6 Å². The Morgan fingerprint density at radius 3 is 2.25 bits per heavy atom. The van der Waals surface area contributed by atoms with Gasteiger partial charge in [-0.3, -0.25) is 28.8 Å². The number of nitrogens with two attached hydrogens (primary N) is 1. The van der Waals surface area contributed by atoms with E-state index in [0.29, 0.717) is 114 Å². The van der Waals surface area contributed by atoms with Crippen LogP contribution in [0.2, 0.25) is 0 Å². The number of primary amides is 1. The van der Waals surface area contributed by atoms with Crippen LogP contribution >= 0.6 is 0 Å². The van der Waals surface area contributed by atoms with Crippen molar-refractivity contribution in [3.05, 3.63) is 103 Å². The number of anilines is 1. The maximum absolute atomic E-state index is 15.4. The van der Waals surface area contributed by atoms with Crippen LogP contribution in [0.15, 0.2) is 52.8 Å². The Hall–Kier alpha value is -8.41. The Bertz CT molecular complexity index is 3580. The molecular weight excluding hydrogens is 1240 g/mol. The lowest BCUT2D eigenvalue weighted by molar-refractivity contribution is -0.172. The minimum Gasteiger partial charge on any atom is -0.458 e. The summed E-state index contributed by atoms with van der Waals surface area (Å²) in [7, 11) is 0. The molecule has 514 valence electrons. The van der Waals surface area contributed by atoms with Crippen LogP contribution in [-0.4, -0.2) is 160 Å². The lowest BCUT2D eigenvalue weighted by Crippen LogP contribution is -2.54.